The first-order valence-corrected chi connectivity index (χ1v) is 12.5. The van der Waals surface area contributed by atoms with E-state index in [-0.39, 0.29) is 0 Å². The van der Waals surface area contributed by atoms with Gasteiger partial charge in [-0.25, -0.2) is 9.59 Å². The maximum atomic E-state index is 12.6. The van der Waals surface area contributed by atoms with Crippen LogP contribution in [0.3, 0.4) is 0 Å². The molecule has 2 amide bonds. The summed E-state index contributed by atoms with van der Waals surface area (Å²) in [5.74, 6) is 0. The Morgan fingerprint density at radius 3 is 1.28 bits per heavy atom. The zero-order chi connectivity index (χ0) is 26.2. The number of benzene rings is 2. The topological polar surface area (TPSA) is 99.5 Å². The molecule has 0 spiro atoms. The van der Waals surface area contributed by atoms with Crippen molar-refractivity contribution in [3.63, 3.8) is 0 Å². The maximum Gasteiger partial charge on any atom is 0.413 e. The molecule has 2 N–H and O–H groups in total. The predicted molar refractivity (Wildman–Crippen MR) is 134 cm³/mol. The summed E-state index contributed by atoms with van der Waals surface area (Å²) in [5.41, 5.74) is -4.12. The third kappa shape index (κ3) is 4.12. The third-order valence-corrected chi connectivity index (χ3v) is 7.45. The molecule has 4 rings (SSSR count). The molecule has 2 heterocycles. The zero-order valence-corrected chi connectivity index (χ0v) is 21.4. The van der Waals surface area contributed by atoms with Crippen LogP contribution in [0.15, 0.2) is 60.7 Å². The Hall–Kier alpha value is -3.10. The average Bonchev–Trinajstić information content (AvgIpc) is 3.14. The Balaban J connectivity index is 1.35. The van der Waals surface area contributed by atoms with Crippen molar-refractivity contribution in [1.29, 1.82) is 0 Å². The summed E-state index contributed by atoms with van der Waals surface area (Å²) in [6, 6.07) is 18.2. The molecule has 194 valence electrons. The van der Waals surface area contributed by atoms with Gasteiger partial charge in [-0.2, -0.15) is 0 Å². The van der Waals surface area contributed by atoms with E-state index in [0.29, 0.717) is 37.1 Å². The number of aliphatic hydroxyl groups is 2. The van der Waals surface area contributed by atoms with Gasteiger partial charge in [-0.3, -0.25) is 9.80 Å². The first kappa shape index (κ1) is 26.0. The van der Waals surface area contributed by atoms with E-state index in [4.69, 9.17) is 9.47 Å². The molecular weight excluding hydrogens is 460 g/mol. The van der Waals surface area contributed by atoms with E-state index in [9.17, 15) is 19.8 Å². The monoisotopic (exact) mass is 496 g/mol. The SMILES string of the molecule is CC1(C)OC(=O)N(CCCCCCN2C(=O)OC(C)(C)C2(O)c2ccccc2)C1(O)c1ccccc1. The van der Waals surface area contributed by atoms with Crippen LogP contribution in [0.1, 0.15) is 64.5 Å². The highest BCUT2D eigenvalue weighted by atomic mass is 16.6. The largest absolute Gasteiger partial charge is 0.438 e. The van der Waals surface area contributed by atoms with Gasteiger partial charge in [0.05, 0.1) is 0 Å². The minimum absolute atomic E-state index is 0.334. The van der Waals surface area contributed by atoms with Gasteiger partial charge in [0.25, 0.3) is 0 Å². The van der Waals surface area contributed by atoms with Gasteiger partial charge in [-0.05, 0) is 40.5 Å². The molecule has 8 heteroatoms. The Kier molecular flexibility index (Phi) is 6.79. The summed E-state index contributed by atoms with van der Waals surface area (Å²) in [5, 5.41) is 23.2. The number of carbonyl (C=O) groups excluding carboxylic acids is 2. The first-order valence-electron chi connectivity index (χ1n) is 12.5. The van der Waals surface area contributed by atoms with Crippen molar-refractivity contribution in [3.05, 3.63) is 71.8 Å². The summed E-state index contributed by atoms with van der Waals surface area (Å²) in [6.45, 7) is 7.51. The van der Waals surface area contributed by atoms with Crippen LogP contribution in [0.5, 0.6) is 0 Å². The van der Waals surface area contributed by atoms with Gasteiger partial charge in [0.15, 0.2) is 11.2 Å². The Labute approximate surface area is 212 Å². The van der Waals surface area contributed by atoms with Gasteiger partial charge in [0.2, 0.25) is 11.4 Å². The summed E-state index contributed by atoms with van der Waals surface area (Å²) >= 11 is 0. The normalized spacial score (nSPS) is 26.7. The Morgan fingerprint density at radius 2 is 0.944 bits per heavy atom. The fourth-order valence-corrected chi connectivity index (χ4v) is 5.35. The predicted octanol–water partition coefficient (Wildman–Crippen LogP) is 4.70. The molecule has 0 radical (unpaired) electrons. The van der Waals surface area contributed by atoms with Crippen LogP contribution in [-0.2, 0) is 20.9 Å². The molecule has 0 aliphatic carbocycles. The van der Waals surface area contributed by atoms with Gasteiger partial charge >= 0.3 is 12.2 Å². The molecule has 2 unspecified atom stereocenters. The highest BCUT2D eigenvalue weighted by Crippen LogP contribution is 2.46. The van der Waals surface area contributed by atoms with Crippen LogP contribution in [0.4, 0.5) is 9.59 Å². The van der Waals surface area contributed by atoms with Crippen LogP contribution in [0.2, 0.25) is 0 Å². The molecule has 0 saturated carbocycles. The summed E-state index contributed by atoms with van der Waals surface area (Å²) in [7, 11) is 0. The molecule has 8 nitrogen and oxygen atoms in total. The third-order valence-electron chi connectivity index (χ3n) is 7.45. The number of unbranched alkanes of at least 4 members (excludes halogenated alkanes) is 3. The number of hydrogen-bond acceptors (Lipinski definition) is 6. The smallest absolute Gasteiger partial charge is 0.413 e. The Morgan fingerprint density at radius 1 is 0.611 bits per heavy atom. The van der Waals surface area contributed by atoms with Crippen molar-refractivity contribution in [2.45, 2.75) is 76.0 Å². The van der Waals surface area contributed by atoms with Crippen molar-refractivity contribution in [3.8, 4) is 0 Å². The average molecular weight is 497 g/mol. The van der Waals surface area contributed by atoms with Crippen molar-refractivity contribution < 1.29 is 29.3 Å². The molecule has 0 bridgehead atoms. The molecule has 2 aromatic rings. The molecule has 2 atom stereocenters. The summed E-state index contributed by atoms with van der Waals surface area (Å²) < 4.78 is 11.0. The van der Waals surface area contributed by atoms with Gasteiger partial charge < -0.3 is 19.7 Å². The molecule has 0 aromatic heterocycles. The lowest BCUT2D eigenvalue weighted by Gasteiger charge is -2.39. The molecule has 2 fully saturated rings. The summed E-state index contributed by atoms with van der Waals surface area (Å²) in [6.07, 6.45) is 1.76. The summed E-state index contributed by atoms with van der Waals surface area (Å²) in [4.78, 5) is 28.1. The van der Waals surface area contributed by atoms with E-state index in [0.717, 1.165) is 12.8 Å². The number of nitrogens with zero attached hydrogens (tertiary/aromatic N) is 2. The second-order valence-corrected chi connectivity index (χ2v) is 10.6. The van der Waals surface area contributed by atoms with E-state index in [2.05, 4.69) is 0 Å². The lowest BCUT2D eigenvalue weighted by molar-refractivity contribution is -0.150. The van der Waals surface area contributed by atoms with E-state index >= 15 is 0 Å². The number of carbonyl (C=O) groups is 2. The minimum atomic E-state index is -1.57. The molecule has 36 heavy (non-hydrogen) atoms. The van der Waals surface area contributed by atoms with E-state index < -0.39 is 34.8 Å². The van der Waals surface area contributed by atoms with Crippen molar-refractivity contribution in [2.24, 2.45) is 0 Å². The number of ether oxygens (including phenoxy) is 2. The van der Waals surface area contributed by atoms with Gasteiger partial charge in [-0.1, -0.05) is 73.5 Å². The second kappa shape index (κ2) is 9.41. The van der Waals surface area contributed by atoms with E-state index in [1.807, 2.05) is 36.4 Å². The number of cyclic esters (lactones) is 2. The molecule has 2 saturated heterocycles. The standard InChI is InChI=1S/C28H36N2O6/c1-25(2)27(33,21-15-9-7-10-16-21)29(23(31)35-25)19-13-5-6-14-20-30-24(32)36-26(3,4)28(30,34)22-17-11-8-12-18-22/h7-12,15-18,33-34H,5-6,13-14,19-20H2,1-4H3. The van der Waals surface area contributed by atoms with E-state index in [1.54, 1.807) is 52.0 Å². The lowest BCUT2D eigenvalue weighted by Crippen LogP contribution is -2.53. The maximum absolute atomic E-state index is 12.6. The highest BCUT2D eigenvalue weighted by Gasteiger charge is 2.61. The van der Waals surface area contributed by atoms with Crippen LogP contribution in [0, 0.1) is 0 Å². The van der Waals surface area contributed by atoms with E-state index in [1.165, 1.54) is 9.80 Å². The lowest BCUT2D eigenvalue weighted by atomic mass is 9.86. The fraction of sp³-hybridized carbons (Fsp3) is 0.500. The Bertz CT molecular complexity index is 1000. The van der Waals surface area contributed by atoms with Crippen LogP contribution >= 0.6 is 0 Å². The fourth-order valence-electron chi connectivity index (χ4n) is 5.35. The number of rotatable bonds is 9. The number of amides is 2. The number of hydrogen-bond donors (Lipinski definition) is 2. The van der Waals surface area contributed by atoms with Crippen molar-refractivity contribution >= 4 is 12.2 Å². The minimum Gasteiger partial charge on any atom is -0.438 e. The quantitative estimate of drug-likeness (QED) is 0.488. The van der Waals surface area contributed by atoms with Crippen molar-refractivity contribution in [2.75, 3.05) is 13.1 Å². The highest BCUT2D eigenvalue weighted by molar-refractivity contribution is 5.73. The van der Waals surface area contributed by atoms with Crippen molar-refractivity contribution in [1.82, 2.24) is 9.80 Å². The van der Waals surface area contributed by atoms with Crippen LogP contribution in [-0.4, -0.2) is 56.5 Å². The molecule has 2 aliphatic heterocycles. The van der Waals surface area contributed by atoms with Crippen LogP contribution in [0.25, 0.3) is 0 Å². The van der Waals surface area contributed by atoms with Crippen LogP contribution < -0.4 is 0 Å². The van der Waals surface area contributed by atoms with Gasteiger partial charge in [0.1, 0.15) is 0 Å². The zero-order valence-electron chi connectivity index (χ0n) is 21.4. The van der Waals surface area contributed by atoms with Gasteiger partial charge in [-0.15, -0.1) is 0 Å². The molecule has 2 aliphatic rings. The second-order valence-electron chi connectivity index (χ2n) is 10.6. The van der Waals surface area contributed by atoms with Gasteiger partial charge in [0, 0.05) is 24.2 Å². The molecular formula is C28H36N2O6. The first-order chi connectivity index (χ1) is 16.9. The molecule has 2 aromatic carbocycles.